The van der Waals surface area contributed by atoms with Crippen LogP contribution >= 0.6 is 15.9 Å². The first-order valence-corrected chi connectivity index (χ1v) is 6.47. The predicted molar refractivity (Wildman–Crippen MR) is 75.9 cm³/mol. The first kappa shape index (κ1) is 13.7. The molecule has 3 nitrogen and oxygen atoms in total. The van der Waals surface area contributed by atoms with E-state index in [1.807, 2.05) is 6.92 Å². The zero-order chi connectivity index (χ0) is 14.0. The summed E-state index contributed by atoms with van der Waals surface area (Å²) in [6.07, 6.45) is 0. The van der Waals surface area contributed by atoms with Gasteiger partial charge in [-0.25, -0.2) is 4.39 Å². The van der Waals surface area contributed by atoms with Crippen molar-refractivity contribution in [2.45, 2.75) is 13.5 Å². The van der Waals surface area contributed by atoms with Crippen molar-refractivity contribution in [2.75, 3.05) is 5.32 Å². The maximum Gasteiger partial charge on any atom is 0.139 e. The summed E-state index contributed by atoms with van der Waals surface area (Å²) < 4.78 is 13.9. The molecule has 0 saturated heterocycles. The van der Waals surface area contributed by atoms with Gasteiger partial charge in [0.25, 0.3) is 0 Å². The van der Waals surface area contributed by atoms with Gasteiger partial charge in [-0.05, 0) is 52.7 Å². The zero-order valence-electron chi connectivity index (χ0n) is 10.2. The number of halogens is 2. The number of anilines is 1. The van der Waals surface area contributed by atoms with Crippen molar-refractivity contribution < 1.29 is 14.6 Å². The van der Waals surface area contributed by atoms with Crippen molar-refractivity contribution in [1.82, 2.24) is 0 Å². The maximum absolute atomic E-state index is 13.4. The quantitative estimate of drug-likeness (QED) is 0.801. The van der Waals surface area contributed by atoms with E-state index in [9.17, 15) is 14.6 Å². The fourth-order valence-corrected chi connectivity index (χ4v) is 2.19. The lowest BCUT2D eigenvalue weighted by Gasteiger charge is -2.11. The summed E-state index contributed by atoms with van der Waals surface area (Å²) >= 11 is 3.13. The molecule has 0 radical (unpaired) electrons. The summed E-state index contributed by atoms with van der Waals surface area (Å²) in [7, 11) is 0. The summed E-state index contributed by atoms with van der Waals surface area (Å²) in [4.78, 5) is 0. The molecule has 0 aliphatic carbocycles. The Balaban J connectivity index is 2.16. The fraction of sp³-hybridized carbons (Fsp3) is 0.143. The van der Waals surface area contributed by atoms with Gasteiger partial charge in [-0.1, -0.05) is 0 Å². The number of aromatic hydroxyl groups is 2. The second-order valence-electron chi connectivity index (χ2n) is 4.25. The SMILES string of the molecule is Cc1cc(Br)c(F)cc1NCc1ccc(O)cc1O. The number of phenolic OH excluding ortho intramolecular Hbond substituents is 2. The minimum absolute atomic E-state index is 0.00253. The molecule has 0 aromatic heterocycles. The Bertz CT molecular complexity index is 617. The van der Waals surface area contributed by atoms with Gasteiger partial charge in [-0.3, -0.25) is 0 Å². The van der Waals surface area contributed by atoms with Crippen molar-refractivity contribution in [1.29, 1.82) is 0 Å². The van der Waals surface area contributed by atoms with Crippen LogP contribution < -0.4 is 5.32 Å². The number of phenols is 2. The minimum Gasteiger partial charge on any atom is -0.508 e. The number of hydrogen-bond donors (Lipinski definition) is 3. The molecule has 0 saturated carbocycles. The van der Waals surface area contributed by atoms with Gasteiger partial charge < -0.3 is 15.5 Å². The normalized spacial score (nSPS) is 10.5. The Labute approximate surface area is 118 Å². The molecule has 0 bridgehead atoms. The summed E-state index contributed by atoms with van der Waals surface area (Å²) in [6, 6.07) is 7.46. The molecule has 3 N–H and O–H groups in total. The van der Waals surface area contributed by atoms with E-state index in [1.54, 1.807) is 12.1 Å². The van der Waals surface area contributed by atoms with E-state index in [4.69, 9.17) is 0 Å². The first-order valence-electron chi connectivity index (χ1n) is 5.68. The van der Waals surface area contributed by atoms with Crippen molar-refractivity contribution in [3.05, 3.63) is 51.7 Å². The zero-order valence-corrected chi connectivity index (χ0v) is 11.8. The Morgan fingerprint density at radius 2 is 1.95 bits per heavy atom. The van der Waals surface area contributed by atoms with E-state index in [-0.39, 0.29) is 17.3 Å². The molecule has 0 spiro atoms. The van der Waals surface area contributed by atoms with Gasteiger partial charge in [-0.15, -0.1) is 0 Å². The molecule has 0 heterocycles. The van der Waals surface area contributed by atoms with Crippen LogP contribution in [0.3, 0.4) is 0 Å². The third-order valence-electron chi connectivity index (χ3n) is 2.81. The van der Waals surface area contributed by atoms with Crippen molar-refractivity contribution >= 4 is 21.6 Å². The standard InChI is InChI=1S/C14H13BrFNO2/c1-8-4-11(15)12(16)6-13(8)17-7-9-2-3-10(18)5-14(9)19/h2-6,17-19H,7H2,1H3. The van der Waals surface area contributed by atoms with Gasteiger partial charge in [-0.2, -0.15) is 0 Å². The molecule has 5 heteroatoms. The Morgan fingerprint density at radius 3 is 2.63 bits per heavy atom. The number of benzene rings is 2. The van der Waals surface area contributed by atoms with Crippen LogP contribution in [0.15, 0.2) is 34.8 Å². The van der Waals surface area contributed by atoms with Gasteiger partial charge >= 0.3 is 0 Å². The maximum atomic E-state index is 13.4. The van der Waals surface area contributed by atoms with Crippen LogP contribution in [0.1, 0.15) is 11.1 Å². The Kier molecular flexibility index (Phi) is 3.95. The van der Waals surface area contributed by atoms with Gasteiger partial charge in [0, 0.05) is 23.9 Å². The molecular formula is C14H13BrFNO2. The molecule has 0 fully saturated rings. The number of rotatable bonds is 3. The molecule has 0 aliphatic rings. The number of aryl methyl sites for hydroxylation is 1. The summed E-state index contributed by atoms with van der Waals surface area (Å²) in [5.41, 5.74) is 2.18. The van der Waals surface area contributed by atoms with Crippen molar-refractivity contribution in [2.24, 2.45) is 0 Å². The third kappa shape index (κ3) is 3.17. The Hall–Kier alpha value is -1.75. The third-order valence-corrected chi connectivity index (χ3v) is 3.41. The molecule has 2 aromatic rings. The van der Waals surface area contributed by atoms with Gasteiger partial charge in [0.05, 0.1) is 4.47 Å². The average Bonchev–Trinajstić information content (AvgIpc) is 2.34. The second-order valence-corrected chi connectivity index (χ2v) is 5.10. The largest absolute Gasteiger partial charge is 0.508 e. The predicted octanol–water partition coefficient (Wildman–Crippen LogP) is 3.92. The van der Waals surface area contributed by atoms with Crippen molar-refractivity contribution in [3.63, 3.8) is 0 Å². The van der Waals surface area contributed by atoms with Crippen LogP contribution in [-0.2, 0) is 6.54 Å². The lowest BCUT2D eigenvalue weighted by molar-refractivity contribution is 0.446. The first-order chi connectivity index (χ1) is 8.97. The lowest BCUT2D eigenvalue weighted by atomic mass is 10.1. The lowest BCUT2D eigenvalue weighted by Crippen LogP contribution is -2.02. The smallest absolute Gasteiger partial charge is 0.139 e. The van der Waals surface area contributed by atoms with E-state index in [0.29, 0.717) is 22.3 Å². The highest BCUT2D eigenvalue weighted by atomic mass is 79.9. The van der Waals surface area contributed by atoms with Crippen LogP contribution in [0.2, 0.25) is 0 Å². The minimum atomic E-state index is -0.344. The van der Waals surface area contributed by atoms with Crippen LogP contribution in [-0.4, -0.2) is 10.2 Å². The molecule has 2 aromatic carbocycles. The molecular weight excluding hydrogens is 313 g/mol. The van der Waals surface area contributed by atoms with E-state index in [1.165, 1.54) is 18.2 Å². The summed E-state index contributed by atoms with van der Waals surface area (Å²) in [5.74, 6) is -0.335. The number of nitrogens with one attached hydrogen (secondary N) is 1. The van der Waals surface area contributed by atoms with E-state index < -0.39 is 0 Å². The van der Waals surface area contributed by atoms with E-state index in [2.05, 4.69) is 21.2 Å². The van der Waals surface area contributed by atoms with Crippen molar-refractivity contribution in [3.8, 4) is 11.5 Å². The van der Waals surface area contributed by atoms with Crippen LogP contribution in [0.25, 0.3) is 0 Å². The highest BCUT2D eigenvalue weighted by molar-refractivity contribution is 9.10. The Morgan fingerprint density at radius 1 is 1.21 bits per heavy atom. The fourth-order valence-electron chi connectivity index (χ4n) is 1.73. The molecule has 0 atom stereocenters. The van der Waals surface area contributed by atoms with Crippen LogP contribution in [0, 0.1) is 12.7 Å². The summed E-state index contributed by atoms with van der Waals surface area (Å²) in [5, 5.41) is 21.9. The molecule has 100 valence electrons. The highest BCUT2D eigenvalue weighted by Crippen LogP contribution is 2.26. The monoisotopic (exact) mass is 325 g/mol. The van der Waals surface area contributed by atoms with Crippen LogP contribution in [0.4, 0.5) is 10.1 Å². The average molecular weight is 326 g/mol. The van der Waals surface area contributed by atoms with Crippen LogP contribution in [0.5, 0.6) is 11.5 Å². The van der Waals surface area contributed by atoms with E-state index >= 15 is 0 Å². The molecule has 0 amide bonds. The van der Waals surface area contributed by atoms with Gasteiger partial charge in [0.1, 0.15) is 17.3 Å². The summed E-state index contributed by atoms with van der Waals surface area (Å²) in [6.45, 7) is 2.21. The number of hydrogen-bond acceptors (Lipinski definition) is 3. The molecule has 0 unspecified atom stereocenters. The highest BCUT2D eigenvalue weighted by Gasteiger charge is 2.07. The topological polar surface area (TPSA) is 52.5 Å². The second kappa shape index (κ2) is 5.48. The molecule has 19 heavy (non-hydrogen) atoms. The molecule has 0 aliphatic heterocycles. The van der Waals surface area contributed by atoms with Gasteiger partial charge in [0.15, 0.2) is 0 Å². The van der Waals surface area contributed by atoms with E-state index in [0.717, 1.165) is 5.56 Å². The van der Waals surface area contributed by atoms with Gasteiger partial charge in [0.2, 0.25) is 0 Å². The molecule has 2 rings (SSSR count).